The summed E-state index contributed by atoms with van der Waals surface area (Å²) in [5.74, 6) is -0.349. The second-order valence-electron chi connectivity index (χ2n) is 2.99. The maximum Gasteiger partial charge on any atom is 0.134 e. The minimum absolute atomic E-state index is 0.0532. The number of benzene rings is 1. The van der Waals surface area contributed by atoms with Crippen LogP contribution in [0.4, 0.5) is 0 Å². The van der Waals surface area contributed by atoms with Crippen LogP contribution in [0.15, 0.2) is 18.2 Å². The highest BCUT2D eigenvalue weighted by molar-refractivity contribution is 5.49. The van der Waals surface area contributed by atoms with Crippen LogP contribution in [0, 0.1) is 11.3 Å². The Hall–Kier alpha value is -1.73. The molecule has 0 spiro atoms. The number of phenols is 2. The van der Waals surface area contributed by atoms with E-state index in [1.807, 2.05) is 0 Å². The third kappa shape index (κ3) is 1.55. The van der Waals surface area contributed by atoms with Gasteiger partial charge in [0.25, 0.3) is 0 Å². The largest absolute Gasteiger partial charge is 0.507 e. The van der Waals surface area contributed by atoms with E-state index >= 15 is 0 Å². The first-order chi connectivity index (χ1) is 5.99. The Morgan fingerprint density at radius 3 is 2.23 bits per heavy atom. The van der Waals surface area contributed by atoms with Gasteiger partial charge in [-0.2, -0.15) is 5.26 Å². The van der Waals surface area contributed by atoms with E-state index in [0.29, 0.717) is 0 Å². The lowest BCUT2D eigenvalue weighted by atomic mass is 9.93. The first kappa shape index (κ1) is 9.36. The van der Waals surface area contributed by atoms with Gasteiger partial charge < -0.3 is 15.9 Å². The topological polar surface area (TPSA) is 90.3 Å². The summed E-state index contributed by atoms with van der Waals surface area (Å²) >= 11 is 0. The van der Waals surface area contributed by atoms with Gasteiger partial charge in [-0.05, 0) is 19.1 Å². The summed E-state index contributed by atoms with van der Waals surface area (Å²) in [7, 11) is 0. The predicted molar refractivity (Wildman–Crippen MR) is 46.9 cm³/mol. The molecule has 13 heavy (non-hydrogen) atoms. The van der Waals surface area contributed by atoms with Crippen molar-refractivity contribution in [3.8, 4) is 17.6 Å². The molecule has 0 aliphatic carbocycles. The van der Waals surface area contributed by atoms with Gasteiger partial charge in [0.15, 0.2) is 0 Å². The van der Waals surface area contributed by atoms with Crippen LogP contribution >= 0.6 is 0 Å². The molecule has 1 rings (SSSR count). The van der Waals surface area contributed by atoms with Gasteiger partial charge in [-0.25, -0.2) is 0 Å². The number of nitrogens with two attached hydrogens (primary N) is 1. The monoisotopic (exact) mass is 178 g/mol. The zero-order chi connectivity index (χ0) is 10.1. The molecule has 0 aliphatic heterocycles. The molecule has 0 saturated heterocycles. The average molecular weight is 178 g/mol. The lowest BCUT2D eigenvalue weighted by molar-refractivity contribution is 0.418. The molecule has 0 aliphatic rings. The zero-order valence-corrected chi connectivity index (χ0v) is 7.15. The molecule has 4 nitrogen and oxygen atoms in total. The molecule has 0 amide bonds. The van der Waals surface area contributed by atoms with Gasteiger partial charge in [-0.1, -0.05) is 6.07 Å². The number of phenolic OH excluding ortho intramolecular Hbond substituents is 2. The van der Waals surface area contributed by atoms with Crippen molar-refractivity contribution in [1.29, 1.82) is 5.26 Å². The lowest BCUT2D eigenvalue weighted by Crippen LogP contribution is -2.30. The van der Waals surface area contributed by atoms with Crippen molar-refractivity contribution in [3.05, 3.63) is 23.8 Å². The lowest BCUT2D eigenvalue weighted by Gasteiger charge is -2.18. The van der Waals surface area contributed by atoms with E-state index in [2.05, 4.69) is 0 Å². The normalized spacial score (nSPS) is 14.5. The van der Waals surface area contributed by atoms with Crippen molar-refractivity contribution < 1.29 is 10.2 Å². The molecule has 0 aromatic heterocycles. The van der Waals surface area contributed by atoms with Crippen LogP contribution in [-0.4, -0.2) is 10.2 Å². The van der Waals surface area contributed by atoms with Crippen molar-refractivity contribution in [2.45, 2.75) is 12.5 Å². The van der Waals surface area contributed by atoms with Crippen molar-refractivity contribution in [3.63, 3.8) is 0 Å². The van der Waals surface area contributed by atoms with E-state index in [1.165, 1.54) is 25.1 Å². The van der Waals surface area contributed by atoms with Crippen molar-refractivity contribution in [2.24, 2.45) is 5.73 Å². The van der Waals surface area contributed by atoms with Gasteiger partial charge in [-0.3, -0.25) is 0 Å². The minimum atomic E-state index is -1.38. The standard InChI is InChI=1S/C9H10N2O2/c1-9(11,5-10)8-6(12)3-2-4-7(8)13/h2-4,12-13H,11H2,1H3. The fraction of sp³-hybridized carbons (Fsp3) is 0.222. The number of nitriles is 1. The van der Waals surface area contributed by atoms with Gasteiger partial charge in [0.2, 0.25) is 0 Å². The molecule has 4 heteroatoms. The predicted octanol–water partition coefficient (Wildman–Crippen LogP) is 0.795. The second-order valence-corrected chi connectivity index (χ2v) is 2.99. The van der Waals surface area contributed by atoms with Crippen molar-refractivity contribution >= 4 is 0 Å². The molecule has 0 radical (unpaired) electrons. The van der Waals surface area contributed by atoms with E-state index in [9.17, 15) is 10.2 Å². The molecular formula is C9H10N2O2. The molecule has 4 N–H and O–H groups in total. The fourth-order valence-electron chi connectivity index (χ4n) is 1.12. The molecule has 1 aromatic carbocycles. The maximum absolute atomic E-state index is 9.37. The first-order valence-electron chi connectivity index (χ1n) is 3.70. The number of aromatic hydroxyl groups is 2. The first-order valence-corrected chi connectivity index (χ1v) is 3.70. The van der Waals surface area contributed by atoms with Crippen LogP contribution in [0.1, 0.15) is 12.5 Å². The van der Waals surface area contributed by atoms with Crippen LogP contribution in [-0.2, 0) is 5.54 Å². The summed E-state index contributed by atoms with van der Waals surface area (Å²) < 4.78 is 0. The number of hydrogen-bond donors (Lipinski definition) is 3. The van der Waals surface area contributed by atoms with Crippen molar-refractivity contribution in [1.82, 2.24) is 0 Å². The smallest absolute Gasteiger partial charge is 0.134 e. The Bertz CT molecular complexity index is 346. The highest BCUT2D eigenvalue weighted by Gasteiger charge is 2.27. The molecule has 1 unspecified atom stereocenters. The molecule has 1 atom stereocenters. The summed E-state index contributed by atoms with van der Waals surface area (Å²) in [6, 6.07) is 6.02. The Balaban J connectivity index is 3.38. The molecule has 0 saturated carbocycles. The summed E-state index contributed by atoms with van der Waals surface area (Å²) in [4.78, 5) is 0. The summed E-state index contributed by atoms with van der Waals surface area (Å²) in [6.45, 7) is 1.42. The second kappa shape index (κ2) is 2.96. The summed E-state index contributed by atoms with van der Waals surface area (Å²) in [5.41, 5.74) is 4.23. The highest BCUT2D eigenvalue weighted by atomic mass is 16.3. The zero-order valence-electron chi connectivity index (χ0n) is 7.15. The van der Waals surface area contributed by atoms with Gasteiger partial charge >= 0.3 is 0 Å². The van der Waals surface area contributed by atoms with E-state index in [0.717, 1.165) is 0 Å². The van der Waals surface area contributed by atoms with Gasteiger partial charge in [0.05, 0.1) is 11.6 Å². The Morgan fingerprint density at radius 1 is 1.38 bits per heavy atom. The van der Waals surface area contributed by atoms with Gasteiger partial charge in [0, 0.05) is 0 Å². The molecular weight excluding hydrogens is 168 g/mol. The molecule has 1 aromatic rings. The fourth-order valence-corrected chi connectivity index (χ4v) is 1.12. The molecule has 0 fully saturated rings. The Morgan fingerprint density at radius 2 is 1.85 bits per heavy atom. The van der Waals surface area contributed by atoms with Gasteiger partial charge in [-0.15, -0.1) is 0 Å². The minimum Gasteiger partial charge on any atom is -0.507 e. The van der Waals surface area contributed by atoms with Crippen LogP contribution < -0.4 is 5.73 Å². The van der Waals surface area contributed by atoms with Crippen LogP contribution in [0.3, 0.4) is 0 Å². The SMILES string of the molecule is CC(N)(C#N)c1c(O)cccc1O. The average Bonchev–Trinajstić information content (AvgIpc) is 2.03. The third-order valence-electron chi connectivity index (χ3n) is 1.77. The quantitative estimate of drug-likeness (QED) is 0.593. The van der Waals surface area contributed by atoms with Gasteiger partial charge in [0.1, 0.15) is 17.0 Å². The number of nitrogens with zero attached hydrogens (tertiary/aromatic N) is 1. The highest BCUT2D eigenvalue weighted by Crippen LogP contribution is 2.34. The molecule has 0 heterocycles. The molecule has 68 valence electrons. The third-order valence-corrected chi connectivity index (χ3v) is 1.77. The van der Waals surface area contributed by atoms with E-state index in [-0.39, 0.29) is 17.1 Å². The van der Waals surface area contributed by atoms with E-state index in [1.54, 1.807) is 6.07 Å². The Labute approximate surface area is 75.8 Å². The van der Waals surface area contributed by atoms with Crippen LogP contribution in [0.25, 0.3) is 0 Å². The van der Waals surface area contributed by atoms with E-state index < -0.39 is 5.54 Å². The number of hydrogen-bond acceptors (Lipinski definition) is 4. The molecule has 0 bridgehead atoms. The summed E-state index contributed by atoms with van der Waals surface area (Å²) in [6.07, 6.45) is 0. The maximum atomic E-state index is 9.37. The van der Waals surface area contributed by atoms with Crippen molar-refractivity contribution in [2.75, 3.05) is 0 Å². The summed E-state index contributed by atoms with van der Waals surface area (Å²) in [5, 5.41) is 27.4. The van der Waals surface area contributed by atoms with Crippen LogP contribution in [0.5, 0.6) is 11.5 Å². The Kier molecular flexibility index (Phi) is 2.13. The van der Waals surface area contributed by atoms with E-state index in [4.69, 9.17) is 11.0 Å². The number of rotatable bonds is 1. The van der Waals surface area contributed by atoms with Crippen LogP contribution in [0.2, 0.25) is 0 Å².